The Hall–Kier alpha value is -1.31. The molecule has 0 bridgehead atoms. The van der Waals surface area contributed by atoms with Gasteiger partial charge in [-0.25, -0.2) is 0 Å². The van der Waals surface area contributed by atoms with Gasteiger partial charge in [0.25, 0.3) is 0 Å². The first-order valence-corrected chi connectivity index (χ1v) is 7.11. The van der Waals surface area contributed by atoms with E-state index in [1.54, 1.807) is 6.92 Å². The summed E-state index contributed by atoms with van der Waals surface area (Å²) in [5.41, 5.74) is 4.19. The summed E-state index contributed by atoms with van der Waals surface area (Å²) in [7, 11) is 0. The van der Waals surface area contributed by atoms with Gasteiger partial charge in [0.05, 0.1) is 0 Å². The van der Waals surface area contributed by atoms with E-state index in [-0.39, 0.29) is 5.91 Å². The molecule has 0 spiro atoms. The molecule has 2 heteroatoms. The quantitative estimate of drug-likeness (QED) is 0.640. The van der Waals surface area contributed by atoms with Crippen LogP contribution < -0.4 is 5.32 Å². The number of hydrogen-bond acceptors (Lipinski definition) is 1. The molecule has 0 unspecified atom stereocenters. The van der Waals surface area contributed by atoms with Gasteiger partial charge in [0.15, 0.2) is 0 Å². The lowest BCUT2D eigenvalue weighted by atomic mass is 10.1. The third kappa shape index (κ3) is 12.9. The van der Waals surface area contributed by atoms with E-state index in [1.807, 2.05) is 0 Å². The fourth-order valence-electron chi connectivity index (χ4n) is 1.71. The summed E-state index contributed by atoms with van der Waals surface area (Å²) in [6.07, 6.45) is 11.2. The van der Waals surface area contributed by atoms with Gasteiger partial charge in [-0.2, -0.15) is 0 Å². The van der Waals surface area contributed by atoms with Crippen LogP contribution in [0.2, 0.25) is 0 Å². The van der Waals surface area contributed by atoms with Crippen LogP contribution in [-0.2, 0) is 4.79 Å². The second kappa shape index (κ2) is 10.6. The van der Waals surface area contributed by atoms with Crippen molar-refractivity contribution in [3.63, 3.8) is 0 Å². The number of rotatable bonds is 8. The van der Waals surface area contributed by atoms with Gasteiger partial charge in [0, 0.05) is 13.5 Å². The first kappa shape index (κ1) is 17.7. The van der Waals surface area contributed by atoms with Crippen molar-refractivity contribution in [1.29, 1.82) is 0 Å². The topological polar surface area (TPSA) is 29.1 Å². The summed E-state index contributed by atoms with van der Waals surface area (Å²) in [5.74, 6) is 0.0269. The van der Waals surface area contributed by atoms with Crippen LogP contribution in [0.4, 0.5) is 0 Å². The molecule has 19 heavy (non-hydrogen) atoms. The Morgan fingerprint density at radius 1 is 0.842 bits per heavy atom. The first-order chi connectivity index (χ1) is 8.91. The molecule has 0 aromatic carbocycles. The van der Waals surface area contributed by atoms with Gasteiger partial charge in [0.2, 0.25) is 5.91 Å². The van der Waals surface area contributed by atoms with Crippen LogP contribution in [0, 0.1) is 0 Å². The SMILES string of the molecule is CC(=O)NC/C=C(/C)CC/C=C(/C)CCC=C(C)C. The van der Waals surface area contributed by atoms with Crippen LogP contribution in [-0.4, -0.2) is 12.5 Å². The highest BCUT2D eigenvalue weighted by Crippen LogP contribution is 2.11. The van der Waals surface area contributed by atoms with Gasteiger partial charge < -0.3 is 5.32 Å². The molecule has 2 nitrogen and oxygen atoms in total. The van der Waals surface area contributed by atoms with E-state index in [4.69, 9.17) is 0 Å². The summed E-state index contributed by atoms with van der Waals surface area (Å²) < 4.78 is 0. The zero-order valence-electron chi connectivity index (χ0n) is 13.2. The minimum Gasteiger partial charge on any atom is -0.353 e. The van der Waals surface area contributed by atoms with E-state index in [9.17, 15) is 4.79 Å². The molecule has 0 aliphatic rings. The van der Waals surface area contributed by atoms with Gasteiger partial charge in [0.1, 0.15) is 0 Å². The Bertz CT molecular complexity index is 357. The Labute approximate surface area is 118 Å². The number of carbonyl (C=O) groups is 1. The number of carbonyl (C=O) groups excluding carboxylic acids is 1. The van der Waals surface area contributed by atoms with E-state index in [2.05, 4.69) is 51.2 Å². The van der Waals surface area contributed by atoms with Gasteiger partial charge in [-0.3, -0.25) is 4.79 Å². The Morgan fingerprint density at radius 3 is 1.89 bits per heavy atom. The molecule has 0 rings (SSSR count). The summed E-state index contributed by atoms with van der Waals surface area (Å²) >= 11 is 0. The average Bonchev–Trinajstić information content (AvgIpc) is 2.27. The molecule has 1 N–H and O–H groups in total. The molecule has 0 heterocycles. The minimum absolute atomic E-state index is 0.0269. The predicted octanol–water partition coefficient (Wildman–Crippen LogP) is 4.54. The number of nitrogens with one attached hydrogen (secondary N) is 1. The molecule has 0 aliphatic heterocycles. The highest BCUT2D eigenvalue weighted by atomic mass is 16.1. The van der Waals surface area contributed by atoms with Crippen molar-refractivity contribution in [1.82, 2.24) is 5.32 Å². The van der Waals surface area contributed by atoms with Crippen LogP contribution in [0.5, 0.6) is 0 Å². The Morgan fingerprint density at radius 2 is 1.37 bits per heavy atom. The molecule has 0 saturated carbocycles. The zero-order chi connectivity index (χ0) is 14.7. The smallest absolute Gasteiger partial charge is 0.217 e. The lowest BCUT2D eigenvalue weighted by Gasteiger charge is -2.02. The maximum Gasteiger partial charge on any atom is 0.217 e. The largest absolute Gasteiger partial charge is 0.353 e. The standard InChI is InChI=1S/C17H29NO/c1-14(2)8-6-9-15(3)10-7-11-16(4)12-13-18-17(5)19/h8,10,12H,6-7,9,11,13H2,1-5H3,(H,18,19)/b15-10-,16-12-. The van der Waals surface area contributed by atoms with E-state index in [0.29, 0.717) is 6.54 Å². The van der Waals surface area contributed by atoms with Crippen molar-refractivity contribution in [2.75, 3.05) is 6.54 Å². The third-order valence-electron chi connectivity index (χ3n) is 2.92. The molecular weight excluding hydrogens is 234 g/mol. The average molecular weight is 263 g/mol. The van der Waals surface area contributed by atoms with Crippen molar-refractivity contribution in [2.24, 2.45) is 0 Å². The second-order valence-corrected chi connectivity index (χ2v) is 5.40. The maximum atomic E-state index is 10.7. The van der Waals surface area contributed by atoms with E-state index in [0.717, 1.165) is 25.7 Å². The van der Waals surface area contributed by atoms with Gasteiger partial charge in [-0.1, -0.05) is 34.9 Å². The fraction of sp³-hybridized carbons (Fsp3) is 0.588. The normalized spacial score (nSPS) is 12.3. The summed E-state index contributed by atoms with van der Waals surface area (Å²) in [5, 5.41) is 2.78. The van der Waals surface area contributed by atoms with Crippen LogP contribution in [0.15, 0.2) is 34.9 Å². The van der Waals surface area contributed by atoms with Gasteiger partial charge in [-0.05, 0) is 53.4 Å². The second-order valence-electron chi connectivity index (χ2n) is 5.40. The fourth-order valence-corrected chi connectivity index (χ4v) is 1.71. The third-order valence-corrected chi connectivity index (χ3v) is 2.92. The molecule has 0 aromatic rings. The lowest BCUT2D eigenvalue weighted by molar-refractivity contribution is -0.118. The van der Waals surface area contributed by atoms with Crippen LogP contribution in [0.1, 0.15) is 60.3 Å². The summed E-state index contributed by atoms with van der Waals surface area (Å²) in [6, 6.07) is 0. The number of amides is 1. The highest BCUT2D eigenvalue weighted by molar-refractivity contribution is 5.72. The highest BCUT2D eigenvalue weighted by Gasteiger charge is 1.92. The van der Waals surface area contributed by atoms with Crippen molar-refractivity contribution < 1.29 is 4.79 Å². The molecule has 0 atom stereocenters. The molecule has 0 aromatic heterocycles. The maximum absolute atomic E-state index is 10.7. The molecule has 0 saturated heterocycles. The van der Waals surface area contributed by atoms with Gasteiger partial charge in [-0.15, -0.1) is 0 Å². The number of allylic oxidation sites excluding steroid dienone is 5. The Balaban J connectivity index is 3.86. The first-order valence-electron chi connectivity index (χ1n) is 7.11. The molecule has 0 aliphatic carbocycles. The van der Waals surface area contributed by atoms with Crippen LogP contribution >= 0.6 is 0 Å². The van der Waals surface area contributed by atoms with Crippen molar-refractivity contribution in [2.45, 2.75) is 60.3 Å². The summed E-state index contributed by atoms with van der Waals surface area (Å²) in [6.45, 7) is 10.8. The lowest BCUT2D eigenvalue weighted by Crippen LogP contribution is -2.19. The van der Waals surface area contributed by atoms with Crippen molar-refractivity contribution >= 4 is 5.91 Å². The van der Waals surface area contributed by atoms with Crippen molar-refractivity contribution in [3.05, 3.63) is 34.9 Å². The predicted molar refractivity (Wildman–Crippen MR) is 84.1 cm³/mol. The monoisotopic (exact) mass is 263 g/mol. The zero-order valence-corrected chi connectivity index (χ0v) is 13.2. The van der Waals surface area contributed by atoms with E-state index < -0.39 is 0 Å². The molecule has 0 fully saturated rings. The molecular formula is C17H29NO. The van der Waals surface area contributed by atoms with Crippen molar-refractivity contribution in [3.8, 4) is 0 Å². The molecule has 108 valence electrons. The van der Waals surface area contributed by atoms with E-state index >= 15 is 0 Å². The van der Waals surface area contributed by atoms with Crippen LogP contribution in [0.25, 0.3) is 0 Å². The summed E-state index contributed by atoms with van der Waals surface area (Å²) in [4.78, 5) is 10.7. The van der Waals surface area contributed by atoms with E-state index in [1.165, 1.54) is 16.7 Å². The number of hydrogen-bond donors (Lipinski definition) is 1. The minimum atomic E-state index is 0.0269. The van der Waals surface area contributed by atoms with Gasteiger partial charge >= 0.3 is 0 Å². The van der Waals surface area contributed by atoms with Crippen LogP contribution in [0.3, 0.4) is 0 Å². The molecule has 1 amide bonds. The molecule has 0 radical (unpaired) electrons. The Kier molecular flexibility index (Phi) is 9.87.